The largest absolute Gasteiger partial charge is 0.303 e. The Balaban J connectivity index is 2.40. The first-order valence-corrected chi connectivity index (χ1v) is 7.37. The maximum Gasteiger partial charge on any atom is 0.296 e. The summed E-state index contributed by atoms with van der Waals surface area (Å²) in [5, 5.41) is 0. The molecule has 0 radical (unpaired) electrons. The molecule has 0 amide bonds. The molecule has 4 nitrogen and oxygen atoms in total. The van der Waals surface area contributed by atoms with Crippen LogP contribution in [0, 0.1) is 6.92 Å². The van der Waals surface area contributed by atoms with Crippen molar-refractivity contribution in [2.45, 2.75) is 37.5 Å². The predicted molar refractivity (Wildman–Crippen MR) is 68.8 cm³/mol. The molecule has 0 aliphatic rings. The van der Waals surface area contributed by atoms with E-state index in [1.54, 1.807) is 12.1 Å². The molecule has 1 rings (SSSR count). The van der Waals surface area contributed by atoms with Crippen LogP contribution < -0.4 is 0 Å². The highest BCUT2D eigenvalue weighted by atomic mass is 32.2. The summed E-state index contributed by atoms with van der Waals surface area (Å²) < 4.78 is 28.4. The minimum Gasteiger partial charge on any atom is -0.303 e. The molecule has 5 heteroatoms. The van der Waals surface area contributed by atoms with Crippen LogP contribution in [0.25, 0.3) is 0 Å². The molecule has 0 heterocycles. The second kappa shape index (κ2) is 7.28. The molecule has 0 aliphatic carbocycles. The van der Waals surface area contributed by atoms with E-state index in [1.165, 1.54) is 12.1 Å². The maximum absolute atomic E-state index is 11.8. The molecule has 0 saturated carbocycles. The molecule has 0 fully saturated rings. The van der Waals surface area contributed by atoms with Gasteiger partial charge in [-0.15, -0.1) is 0 Å². The van der Waals surface area contributed by atoms with Crippen molar-refractivity contribution in [1.82, 2.24) is 0 Å². The summed E-state index contributed by atoms with van der Waals surface area (Å²) in [6.07, 6.45) is 3.59. The van der Waals surface area contributed by atoms with Gasteiger partial charge in [-0.25, -0.2) is 0 Å². The van der Waals surface area contributed by atoms with E-state index in [2.05, 4.69) is 0 Å². The summed E-state index contributed by atoms with van der Waals surface area (Å²) in [4.78, 5) is 10.3. The van der Waals surface area contributed by atoms with Crippen molar-refractivity contribution < 1.29 is 17.4 Å². The lowest BCUT2D eigenvalue weighted by Gasteiger charge is -2.05. The summed E-state index contributed by atoms with van der Waals surface area (Å²) in [6.45, 7) is 2.05. The van der Waals surface area contributed by atoms with Crippen LogP contribution in [0.15, 0.2) is 29.2 Å². The first-order valence-electron chi connectivity index (χ1n) is 5.96. The Labute approximate surface area is 108 Å². The Bertz CT molecular complexity index is 462. The van der Waals surface area contributed by atoms with Crippen LogP contribution in [-0.4, -0.2) is 21.3 Å². The van der Waals surface area contributed by atoms with Gasteiger partial charge in [-0.05, 0) is 31.9 Å². The van der Waals surface area contributed by atoms with Gasteiger partial charge < -0.3 is 4.79 Å². The lowest BCUT2D eigenvalue weighted by atomic mass is 10.2. The molecular weight excluding hydrogens is 252 g/mol. The number of rotatable bonds is 8. The summed E-state index contributed by atoms with van der Waals surface area (Å²) in [5.74, 6) is 0. The number of aldehydes is 1. The highest BCUT2D eigenvalue weighted by molar-refractivity contribution is 7.86. The van der Waals surface area contributed by atoms with Crippen molar-refractivity contribution in [1.29, 1.82) is 0 Å². The highest BCUT2D eigenvalue weighted by Crippen LogP contribution is 2.13. The monoisotopic (exact) mass is 270 g/mol. The number of benzene rings is 1. The van der Waals surface area contributed by atoms with E-state index in [4.69, 9.17) is 4.18 Å². The molecule has 100 valence electrons. The Morgan fingerprint density at radius 3 is 2.39 bits per heavy atom. The fourth-order valence-electron chi connectivity index (χ4n) is 1.45. The third-order valence-corrected chi connectivity index (χ3v) is 3.84. The van der Waals surface area contributed by atoms with Crippen molar-refractivity contribution in [3.05, 3.63) is 29.8 Å². The van der Waals surface area contributed by atoms with Gasteiger partial charge in [0.15, 0.2) is 0 Å². The smallest absolute Gasteiger partial charge is 0.296 e. The van der Waals surface area contributed by atoms with E-state index in [0.29, 0.717) is 12.8 Å². The third kappa shape index (κ3) is 4.98. The zero-order valence-corrected chi connectivity index (χ0v) is 11.3. The number of aryl methyl sites for hydroxylation is 1. The molecule has 1 aromatic rings. The highest BCUT2D eigenvalue weighted by Gasteiger charge is 2.13. The standard InChI is InChI=1S/C13H18O4S/c1-12-6-8-13(9-7-12)18(15,16)17-11-5-3-2-4-10-14/h6-10H,2-5,11H2,1H3. The van der Waals surface area contributed by atoms with Crippen LogP contribution in [0.1, 0.15) is 31.2 Å². The van der Waals surface area contributed by atoms with Gasteiger partial charge in [0.2, 0.25) is 0 Å². The van der Waals surface area contributed by atoms with Crippen molar-refractivity contribution in [2.75, 3.05) is 6.61 Å². The molecule has 18 heavy (non-hydrogen) atoms. The summed E-state index contributed by atoms with van der Waals surface area (Å²) >= 11 is 0. The molecule has 0 aromatic heterocycles. The average molecular weight is 270 g/mol. The second-order valence-electron chi connectivity index (χ2n) is 4.11. The molecule has 0 bridgehead atoms. The van der Waals surface area contributed by atoms with Crippen LogP contribution >= 0.6 is 0 Å². The number of carbonyl (C=O) groups is 1. The van der Waals surface area contributed by atoms with Gasteiger partial charge in [0, 0.05) is 6.42 Å². The molecule has 1 aromatic carbocycles. The van der Waals surface area contributed by atoms with Crippen molar-refractivity contribution >= 4 is 16.4 Å². The molecule has 0 aliphatic heterocycles. The summed E-state index contributed by atoms with van der Waals surface area (Å²) in [7, 11) is -3.64. The number of carbonyl (C=O) groups excluding carboxylic acids is 1. The molecule has 0 spiro atoms. The first-order chi connectivity index (χ1) is 8.56. The van der Waals surface area contributed by atoms with Crippen molar-refractivity contribution in [3.63, 3.8) is 0 Å². The number of hydrogen-bond acceptors (Lipinski definition) is 4. The maximum atomic E-state index is 11.8. The zero-order valence-electron chi connectivity index (χ0n) is 10.5. The Morgan fingerprint density at radius 1 is 1.11 bits per heavy atom. The van der Waals surface area contributed by atoms with E-state index in [1.807, 2.05) is 6.92 Å². The van der Waals surface area contributed by atoms with Crippen LogP contribution in [0.3, 0.4) is 0 Å². The van der Waals surface area contributed by atoms with Gasteiger partial charge in [0.25, 0.3) is 10.1 Å². The molecule has 0 atom stereocenters. The Hall–Kier alpha value is -1.20. The fraction of sp³-hybridized carbons (Fsp3) is 0.462. The van der Waals surface area contributed by atoms with Crippen LogP contribution in [0.4, 0.5) is 0 Å². The number of unbranched alkanes of at least 4 members (excludes halogenated alkanes) is 3. The first kappa shape index (κ1) is 14.9. The lowest BCUT2D eigenvalue weighted by Crippen LogP contribution is -2.07. The Morgan fingerprint density at radius 2 is 1.78 bits per heavy atom. The van der Waals surface area contributed by atoms with E-state index in [0.717, 1.165) is 24.7 Å². The third-order valence-electron chi connectivity index (χ3n) is 2.51. The average Bonchev–Trinajstić information content (AvgIpc) is 2.34. The van der Waals surface area contributed by atoms with Crippen LogP contribution in [0.2, 0.25) is 0 Å². The lowest BCUT2D eigenvalue weighted by molar-refractivity contribution is -0.107. The quantitative estimate of drug-likeness (QED) is 0.413. The Kier molecular flexibility index (Phi) is 6.01. The van der Waals surface area contributed by atoms with Gasteiger partial charge in [-0.2, -0.15) is 8.42 Å². The van der Waals surface area contributed by atoms with E-state index in [-0.39, 0.29) is 11.5 Å². The van der Waals surface area contributed by atoms with Crippen molar-refractivity contribution in [2.24, 2.45) is 0 Å². The topological polar surface area (TPSA) is 60.4 Å². The predicted octanol–water partition coefficient (Wildman–Crippen LogP) is 2.46. The summed E-state index contributed by atoms with van der Waals surface area (Å²) in [6, 6.07) is 6.55. The van der Waals surface area contributed by atoms with Crippen LogP contribution in [-0.2, 0) is 19.1 Å². The second-order valence-corrected chi connectivity index (χ2v) is 5.72. The van der Waals surface area contributed by atoms with Crippen molar-refractivity contribution in [3.8, 4) is 0 Å². The number of hydrogen-bond donors (Lipinski definition) is 0. The fourth-order valence-corrected chi connectivity index (χ4v) is 2.39. The van der Waals surface area contributed by atoms with Gasteiger partial charge in [0.1, 0.15) is 6.29 Å². The minimum absolute atomic E-state index is 0.162. The van der Waals surface area contributed by atoms with Gasteiger partial charge >= 0.3 is 0 Å². The summed E-state index contributed by atoms with van der Waals surface area (Å²) in [5.41, 5.74) is 1.00. The van der Waals surface area contributed by atoms with E-state index >= 15 is 0 Å². The van der Waals surface area contributed by atoms with Crippen LogP contribution in [0.5, 0.6) is 0 Å². The van der Waals surface area contributed by atoms with Gasteiger partial charge in [0.05, 0.1) is 11.5 Å². The van der Waals surface area contributed by atoms with E-state index in [9.17, 15) is 13.2 Å². The SMILES string of the molecule is Cc1ccc(S(=O)(=O)OCCCCCC=O)cc1. The van der Waals surface area contributed by atoms with Gasteiger partial charge in [-0.1, -0.05) is 24.1 Å². The normalized spacial score (nSPS) is 11.4. The molecule has 0 N–H and O–H groups in total. The van der Waals surface area contributed by atoms with Gasteiger partial charge in [-0.3, -0.25) is 4.18 Å². The minimum atomic E-state index is -3.64. The zero-order chi connectivity index (χ0) is 13.4. The molecular formula is C13H18O4S. The molecule has 0 saturated heterocycles. The van der Waals surface area contributed by atoms with E-state index < -0.39 is 10.1 Å². The molecule has 0 unspecified atom stereocenters.